The van der Waals surface area contributed by atoms with Crippen molar-refractivity contribution in [1.29, 1.82) is 0 Å². The van der Waals surface area contributed by atoms with Crippen LogP contribution >= 0.6 is 15.9 Å². The Morgan fingerprint density at radius 2 is 1.68 bits per heavy atom. The van der Waals surface area contributed by atoms with Crippen molar-refractivity contribution < 1.29 is 18.0 Å². The van der Waals surface area contributed by atoms with Crippen molar-refractivity contribution in [1.82, 2.24) is 10.2 Å². The molecule has 0 saturated heterocycles. The van der Waals surface area contributed by atoms with Crippen LogP contribution in [-0.2, 0) is 26.2 Å². The second-order valence-electron chi connectivity index (χ2n) is 9.23. The number of nitrogens with one attached hydrogen (secondary N) is 1. The van der Waals surface area contributed by atoms with Gasteiger partial charge in [0.1, 0.15) is 12.6 Å². The highest BCUT2D eigenvalue weighted by Gasteiger charge is 2.33. The van der Waals surface area contributed by atoms with Crippen molar-refractivity contribution in [3.63, 3.8) is 0 Å². The molecule has 0 unspecified atom stereocenters. The first-order valence-corrected chi connectivity index (χ1v) is 14.7. The van der Waals surface area contributed by atoms with E-state index in [1.165, 1.54) is 17.0 Å². The lowest BCUT2D eigenvalue weighted by Gasteiger charge is -2.32. The van der Waals surface area contributed by atoms with Crippen molar-refractivity contribution in [2.24, 2.45) is 0 Å². The summed E-state index contributed by atoms with van der Waals surface area (Å²) < 4.78 is 29.7. The van der Waals surface area contributed by atoms with Crippen molar-refractivity contribution in [3.05, 3.63) is 94.0 Å². The molecule has 3 aromatic rings. The van der Waals surface area contributed by atoms with Gasteiger partial charge >= 0.3 is 0 Å². The van der Waals surface area contributed by atoms with Crippen molar-refractivity contribution in [3.8, 4) is 0 Å². The fraction of sp³-hybridized carbons (Fsp3) is 0.310. The van der Waals surface area contributed by atoms with Gasteiger partial charge in [0.25, 0.3) is 10.0 Å². The second-order valence-corrected chi connectivity index (χ2v) is 12.0. The number of rotatable bonds is 11. The van der Waals surface area contributed by atoms with Gasteiger partial charge in [0.2, 0.25) is 11.8 Å². The lowest BCUT2D eigenvalue weighted by Crippen LogP contribution is -2.51. The highest BCUT2D eigenvalue weighted by Crippen LogP contribution is 2.28. The zero-order chi connectivity index (χ0) is 27.9. The van der Waals surface area contributed by atoms with Crippen LogP contribution in [0, 0.1) is 13.8 Å². The molecular formula is C29H34BrN3O4S. The maximum absolute atomic E-state index is 13.9. The largest absolute Gasteiger partial charge is 0.354 e. The fourth-order valence-corrected chi connectivity index (χ4v) is 6.08. The minimum atomic E-state index is -4.08. The first-order chi connectivity index (χ1) is 18.0. The number of carbonyl (C=O) groups excluding carboxylic acids is 2. The van der Waals surface area contributed by atoms with Crippen LogP contribution in [0.1, 0.15) is 37.0 Å². The minimum Gasteiger partial charge on any atom is -0.354 e. The summed E-state index contributed by atoms with van der Waals surface area (Å²) in [5.74, 6) is -0.775. The molecule has 0 radical (unpaired) electrons. The average Bonchev–Trinajstić information content (AvgIpc) is 2.89. The number of hydrogen-bond acceptors (Lipinski definition) is 4. The molecule has 3 rings (SSSR count). The van der Waals surface area contributed by atoms with E-state index in [-0.39, 0.29) is 17.3 Å². The number of aryl methyl sites for hydroxylation is 2. The number of amides is 2. The Hall–Kier alpha value is -3.17. The van der Waals surface area contributed by atoms with Gasteiger partial charge in [0.15, 0.2) is 0 Å². The Morgan fingerprint density at radius 1 is 0.974 bits per heavy atom. The summed E-state index contributed by atoms with van der Waals surface area (Å²) >= 11 is 3.46. The molecule has 3 aromatic carbocycles. The highest BCUT2D eigenvalue weighted by atomic mass is 79.9. The highest BCUT2D eigenvalue weighted by molar-refractivity contribution is 9.10. The van der Waals surface area contributed by atoms with E-state index in [9.17, 15) is 18.0 Å². The molecule has 202 valence electrons. The SMILES string of the molecule is CCCNC(=O)[C@H](C)N(Cc1cccc(Br)c1)C(=O)CN(c1ccc(C)cc1C)S(=O)(=O)c1ccccc1. The molecule has 7 nitrogen and oxygen atoms in total. The Morgan fingerprint density at radius 3 is 2.32 bits per heavy atom. The molecule has 1 atom stereocenters. The van der Waals surface area contributed by atoms with Crippen LogP contribution in [0.4, 0.5) is 5.69 Å². The number of halogens is 1. The van der Waals surface area contributed by atoms with E-state index in [0.717, 1.165) is 31.9 Å². The summed E-state index contributed by atoms with van der Waals surface area (Å²) in [6, 6.07) is 20.1. The third kappa shape index (κ3) is 7.23. The molecule has 1 N–H and O–H groups in total. The summed E-state index contributed by atoms with van der Waals surface area (Å²) in [5, 5.41) is 2.85. The predicted octanol–water partition coefficient (Wildman–Crippen LogP) is 5.20. The Balaban J connectivity index is 2.04. The summed E-state index contributed by atoms with van der Waals surface area (Å²) in [7, 11) is -4.08. The summed E-state index contributed by atoms with van der Waals surface area (Å²) in [6.07, 6.45) is 0.758. The van der Waals surface area contributed by atoms with Gasteiger partial charge < -0.3 is 10.2 Å². The van der Waals surface area contributed by atoms with E-state index in [2.05, 4.69) is 21.2 Å². The number of anilines is 1. The number of sulfonamides is 1. The van der Waals surface area contributed by atoms with Gasteiger partial charge in [-0.05, 0) is 68.7 Å². The minimum absolute atomic E-state index is 0.0834. The molecule has 38 heavy (non-hydrogen) atoms. The predicted molar refractivity (Wildman–Crippen MR) is 154 cm³/mol. The van der Waals surface area contributed by atoms with Crippen molar-refractivity contribution >= 4 is 43.5 Å². The van der Waals surface area contributed by atoms with Gasteiger partial charge in [0.05, 0.1) is 10.6 Å². The Labute approximate surface area is 234 Å². The number of carbonyl (C=O) groups is 2. The molecule has 0 bridgehead atoms. The van der Waals surface area contributed by atoms with Crippen LogP contribution in [0.15, 0.2) is 82.2 Å². The molecule has 0 heterocycles. The van der Waals surface area contributed by atoms with Crippen LogP contribution in [0.25, 0.3) is 0 Å². The Bertz CT molecular complexity index is 1380. The van der Waals surface area contributed by atoms with Crippen LogP contribution < -0.4 is 9.62 Å². The molecule has 9 heteroatoms. The van der Waals surface area contributed by atoms with Gasteiger partial charge in [-0.2, -0.15) is 0 Å². The van der Waals surface area contributed by atoms with E-state index in [0.29, 0.717) is 12.2 Å². The maximum Gasteiger partial charge on any atom is 0.264 e. The summed E-state index contributed by atoms with van der Waals surface area (Å²) in [4.78, 5) is 28.4. The van der Waals surface area contributed by atoms with Gasteiger partial charge in [-0.3, -0.25) is 13.9 Å². The molecule has 0 spiro atoms. The number of benzene rings is 3. The molecule has 2 amide bonds. The van der Waals surface area contributed by atoms with Gasteiger partial charge in [-0.25, -0.2) is 8.42 Å². The maximum atomic E-state index is 13.9. The average molecular weight is 601 g/mol. The number of nitrogens with zero attached hydrogens (tertiary/aromatic N) is 2. The molecule has 0 aromatic heterocycles. The van der Waals surface area contributed by atoms with Crippen LogP contribution in [0.5, 0.6) is 0 Å². The standard InChI is InChI=1S/C29H34BrN3O4S/c1-5-16-31-29(35)23(4)32(19-24-10-9-11-25(30)18-24)28(34)20-33(27-15-14-21(2)17-22(27)3)38(36,37)26-12-7-6-8-13-26/h6-15,17-18,23H,5,16,19-20H2,1-4H3,(H,31,35)/t23-/m0/s1. The molecule has 0 aliphatic rings. The van der Waals surface area contributed by atoms with E-state index in [1.807, 2.05) is 57.2 Å². The second kappa shape index (κ2) is 13.1. The van der Waals surface area contributed by atoms with Gasteiger partial charge in [-0.1, -0.05) is 70.9 Å². The van der Waals surface area contributed by atoms with Crippen molar-refractivity contribution in [2.45, 2.75) is 51.6 Å². The topological polar surface area (TPSA) is 86.8 Å². The van der Waals surface area contributed by atoms with E-state index < -0.39 is 28.5 Å². The zero-order valence-corrected chi connectivity index (χ0v) is 24.6. The third-order valence-corrected chi connectivity index (χ3v) is 8.46. The molecule has 0 aliphatic carbocycles. The van der Waals surface area contributed by atoms with Crippen LogP contribution in [0.3, 0.4) is 0 Å². The number of hydrogen-bond donors (Lipinski definition) is 1. The summed E-state index contributed by atoms with van der Waals surface area (Å²) in [5.41, 5.74) is 2.93. The van der Waals surface area contributed by atoms with Gasteiger partial charge in [-0.15, -0.1) is 0 Å². The zero-order valence-electron chi connectivity index (χ0n) is 22.1. The molecular weight excluding hydrogens is 566 g/mol. The smallest absolute Gasteiger partial charge is 0.264 e. The lowest BCUT2D eigenvalue weighted by molar-refractivity contribution is -0.139. The lowest BCUT2D eigenvalue weighted by atomic mass is 10.1. The monoisotopic (exact) mass is 599 g/mol. The quantitative estimate of drug-likeness (QED) is 0.328. The normalized spacial score (nSPS) is 12.0. The van der Waals surface area contributed by atoms with Crippen molar-refractivity contribution in [2.75, 3.05) is 17.4 Å². The molecule has 0 fully saturated rings. The first kappa shape index (κ1) is 29.4. The molecule has 0 aliphatic heterocycles. The van der Waals surface area contributed by atoms with E-state index >= 15 is 0 Å². The Kier molecular flexibility index (Phi) is 10.1. The van der Waals surface area contributed by atoms with Crippen LogP contribution in [0.2, 0.25) is 0 Å². The third-order valence-electron chi connectivity index (χ3n) is 6.19. The summed E-state index contributed by atoms with van der Waals surface area (Å²) in [6.45, 7) is 7.53. The van der Waals surface area contributed by atoms with E-state index in [4.69, 9.17) is 0 Å². The first-order valence-electron chi connectivity index (χ1n) is 12.5. The van der Waals surface area contributed by atoms with Crippen LogP contribution in [-0.4, -0.2) is 44.3 Å². The molecule has 0 saturated carbocycles. The fourth-order valence-electron chi connectivity index (χ4n) is 4.13. The van der Waals surface area contributed by atoms with Gasteiger partial charge in [0, 0.05) is 17.6 Å². The van der Waals surface area contributed by atoms with E-state index in [1.54, 1.807) is 31.2 Å².